The first-order valence-electron chi connectivity index (χ1n) is 11.5. The van der Waals surface area contributed by atoms with Gasteiger partial charge in [0.15, 0.2) is 0 Å². The topological polar surface area (TPSA) is 84.9 Å². The Morgan fingerprint density at radius 2 is 1.44 bits per heavy atom. The molecule has 0 aliphatic heterocycles. The van der Waals surface area contributed by atoms with Crippen molar-refractivity contribution in [2.75, 3.05) is 13.2 Å². The Hall–Kier alpha value is -3.64. The molecule has 34 heavy (non-hydrogen) atoms. The zero-order valence-corrected chi connectivity index (χ0v) is 18.8. The van der Waals surface area contributed by atoms with E-state index in [1.165, 1.54) is 0 Å². The molecule has 0 heterocycles. The predicted molar refractivity (Wildman–Crippen MR) is 127 cm³/mol. The summed E-state index contributed by atoms with van der Waals surface area (Å²) in [5.41, 5.74) is 4.29. The van der Waals surface area contributed by atoms with E-state index < -0.39 is 17.6 Å². The van der Waals surface area contributed by atoms with Gasteiger partial charge in [-0.05, 0) is 46.6 Å². The summed E-state index contributed by atoms with van der Waals surface area (Å²) in [6.07, 6.45) is -0.0595. The van der Waals surface area contributed by atoms with Crippen molar-refractivity contribution in [1.29, 1.82) is 0 Å². The molecule has 2 N–H and O–H groups in total. The van der Waals surface area contributed by atoms with E-state index in [4.69, 9.17) is 9.47 Å². The Kier molecular flexibility index (Phi) is 6.07. The van der Waals surface area contributed by atoms with E-state index in [-0.39, 0.29) is 18.4 Å². The number of carbonyl (C=O) groups is 2. The number of carboxylic acids is 1. The number of benzene rings is 3. The van der Waals surface area contributed by atoms with Gasteiger partial charge in [-0.3, -0.25) is 0 Å². The van der Waals surface area contributed by atoms with Gasteiger partial charge in [-0.1, -0.05) is 78.9 Å². The molecule has 6 heteroatoms. The molecular weight excluding hydrogens is 430 g/mol. The molecule has 3 aromatic carbocycles. The molecule has 5 rings (SSSR count). The van der Waals surface area contributed by atoms with E-state index >= 15 is 0 Å². The fourth-order valence-corrected chi connectivity index (χ4v) is 5.12. The van der Waals surface area contributed by atoms with E-state index in [9.17, 15) is 14.7 Å². The highest BCUT2D eigenvalue weighted by molar-refractivity contribution is 5.85. The molecule has 0 bridgehead atoms. The van der Waals surface area contributed by atoms with Crippen molar-refractivity contribution in [3.05, 3.63) is 95.6 Å². The summed E-state index contributed by atoms with van der Waals surface area (Å²) in [4.78, 5) is 24.6. The third-order valence-electron chi connectivity index (χ3n) is 6.83. The Balaban J connectivity index is 1.15. The van der Waals surface area contributed by atoms with Crippen molar-refractivity contribution in [2.24, 2.45) is 5.92 Å². The lowest BCUT2D eigenvalue weighted by atomic mass is 9.68. The van der Waals surface area contributed by atoms with Gasteiger partial charge >= 0.3 is 12.1 Å². The molecule has 0 radical (unpaired) electrons. The van der Waals surface area contributed by atoms with Crippen molar-refractivity contribution < 1.29 is 24.2 Å². The molecule has 0 spiro atoms. The number of aliphatic carboxylic acids is 1. The van der Waals surface area contributed by atoms with Crippen molar-refractivity contribution in [1.82, 2.24) is 5.32 Å². The molecule has 1 saturated carbocycles. The minimum absolute atomic E-state index is 0.0700. The van der Waals surface area contributed by atoms with Crippen LogP contribution in [0.2, 0.25) is 0 Å². The number of rotatable bonds is 8. The number of alkyl carbamates (subject to hydrolysis) is 1. The fraction of sp³-hybridized carbons (Fsp3) is 0.286. The Labute approximate surface area is 198 Å². The lowest BCUT2D eigenvalue weighted by molar-refractivity contribution is -0.152. The summed E-state index contributed by atoms with van der Waals surface area (Å²) in [7, 11) is 0. The molecule has 2 aliphatic carbocycles. The van der Waals surface area contributed by atoms with Crippen LogP contribution in [-0.4, -0.2) is 35.9 Å². The van der Waals surface area contributed by atoms with Gasteiger partial charge < -0.3 is 19.9 Å². The predicted octanol–water partition coefficient (Wildman–Crippen LogP) is 4.98. The number of amides is 1. The molecule has 0 atom stereocenters. The van der Waals surface area contributed by atoms with E-state index in [2.05, 4.69) is 17.4 Å². The molecule has 3 aromatic rings. The molecule has 6 nitrogen and oxygen atoms in total. The zero-order valence-electron chi connectivity index (χ0n) is 18.8. The van der Waals surface area contributed by atoms with Crippen molar-refractivity contribution >= 4 is 12.1 Å². The normalized spacial score (nSPS) is 20.6. The third kappa shape index (κ3) is 4.29. The van der Waals surface area contributed by atoms with Gasteiger partial charge in [0, 0.05) is 5.92 Å². The smallest absolute Gasteiger partial charge is 0.408 e. The van der Waals surface area contributed by atoms with Crippen LogP contribution in [0.25, 0.3) is 11.1 Å². The van der Waals surface area contributed by atoms with Crippen molar-refractivity contribution in [3.63, 3.8) is 0 Å². The summed E-state index contributed by atoms with van der Waals surface area (Å²) < 4.78 is 11.3. The van der Waals surface area contributed by atoms with Gasteiger partial charge in [0.2, 0.25) is 0 Å². The summed E-state index contributed by atoms with van der Waals surface area (Å²) in [6.45, 7) is 1.09. The van der Waals surface area contributed by atoms with Crippen LogP contribution in [0.15, 0.2) is 78.9 Å². The fourth-order valence-electron chi connectivity index (χ4n) is 5.12. The number of nitrogens with one attached hydrogen (secondary N) is 1. The minimum Gasteiger partial charge on any atom is -0.480 e. The number of carbonyl (C=O) groups excluding carboxylic acids is 1. The largest absolute Gasteiger partial charge is 0.480 e. The molecule has 1 fully saturated rings. The van der Waals surface area contributed by atoms with Crippen molar-refractivity contribution in [3.8, 4) is 11.1 Å². The molecular formula is C28H27NO5. The molecule has 0 aromatic heterocycles. The highest BCUT2D eigenvalue weighted by Gasteiger charge is 2.52. The van der Waals surface area contributed by atoms with Crippen LogP contribution in [0.1, 0.15) is 35.4 Å². The minimum atomic E-state index is -1.30. The zero-order chi connectivity index (χ0) is 23.5. The van der Waals surface area contributed by atoms with E-state index in [0.717, 1.165) is 27.8 Å². The third-order valence-corrected chi connectivity index (χ3v) is 6.83. The summed E-state index contributed by atoms with van der Waals surface area (Å²) in [5.74, 6) is -1.03. The van der Waals surface area contributed by atoms with Gasteiger partial charge in [0.05, 0.1) is 13.2 Å². The molecule has 0 saturated heterocycles. The van der Waals surface area contributed by atoms with E-state index in [1.807, 2.05) is 66.7 Å². The number of carboxylic acid groups (broad SMARTS) is 1. The SMILES string of the molecule is O=C(NC1(C(=O)O)CC(COCc2ccccc2)C1)OCC1c2ccccc2-c2ccccc21. The maximum atomic E-state index is 12.6. The average Bonchev–Trinajstić information content (AvgIpc) is 3.15. The van der Waals surface area contributed by atoms with Crippen LogP contribution < -0.4 is 5.32 Å². The van der Waals surface area contributed by atoms with Crippen LogP contribution >= 0.6 is 0 Å². The highest BCUT2D eigenvalue weighted by atomic mass is 16.5. The Bertz CT molecular complexity index is 1140. The molecule has 1 amide bonds. The summed E-state index contributed by atoms with van der Waals surface area (Å²) in [6, 6.07) is 26.0. The van der Waals surface area contributed by atoms with Crippen LogP contribution in [0.4, 0.5) is 4.79 Å². The van der Waals surface area contributed by atoms with Crippen LogP contribution in [-0.2, 0) is 20.9 Å². The van der Waals surface area contributed by atoms with Gasteiger partial charge in [-0.25, -0.2) is 9.59 Å². The van der Waals surface area contributed by atoms with Crippen LogP contribution in [0.5, 0.6) is 0 Å². The number of hydrogen-bond acceptors (Lipinski definition) is 4. The lowest BCUT2D eigenvalue weighted by Crippen LogP contribution is -2.63. The maximum absolute atomic E-state index is 12.6. The lowest BCUT2D eigenvalue weighted by Gasteiger charge is -2.44. The maximum Gasteiger partial charge on any atom is 0.408 e. The summed E-state index contributed by atoms with van der Waals surface area (Å²) >= 11 is 0. The van der Waals surface area contributed by atoms with Gasteiger partial charge in [-0.15, -0.1) is 0 Å². The van der Waals surface area contributed by atoms with Crippen molar-refractivity contribution in [2.45, 2.75) is 30.9 Å². The second-order valence-electron chi connectivity index (χ2n) is 9.11. The van der Waals surface area contributed by atoms with Crippen LogP contribution in [0.3, 0.4) is 0 Å². The van der Waals surface area contributed by atoms with E-state index in [0.29, 0.717) is 26.1 Å². The van der Waals surface area contributed by atoms with Gasteiger partial charge in [0.1, 0.15) is 12.1 Å². The number of hydrogen-bond donors (Lipinski definition) is 2. The quantitative estimate of drug-likeness (QED) is 0.499. The van der Waals surface area contributed by atoms with Crippen LogP contribution in [0, 0.1) is 5.92 Å². The standard InChI is InChI=1S/C28H27NO5/c30-26(31)28(14-20(15-28)17-33-16-19-8-2-1-3-9-19)29-27(32)34-18-25-23-12-6-4-10-21(23)22-11-5-7-13-24(22)25/h1-13,20,25H,14-18H2,(H,29,32)(H,30,31). The molecule has 0 unspecified atom stereocenters. The molecule has 2 aliphatic rings. The van der Waals surface area contributed by atoms with E-state index in [1.54, 1.807) is 0 Å². The first-order chi connectivity index (χ1) is 16.6. The Morgan fingerprint density at radius 1 is 0.853 bits per heavy atom. The second kappa shape index (κ2) is 9.31. The summed E-state index contributed by atoms with van der Waals surface area (Å²) in [5, 5.41) is 12.4. The van der Waals surface area contributed by atoms with Gasteiger partial charge in [-0.2, -0.15) is 0 Å². The second-order valence-corrected chi connectivity index (χ2v) is 9.11. The average molecular weight is 458 g/mol. The molecule has 174 valence electrons. The Morgan fingerprint density at radius 3 is 2.06 bits per heavy atom. The monoisotopic (exact) mass is 457 g/mol. The van der Waals surface area contributed by atoms with Gasteiger partial charge in [0.25, 0.3) is 0 Å². The number of ether oxygens (including phenoxy) is 2. The first kappa shape index (κ1) is 22.2. The highest BCUT2D eigenvalue weighted by Crippen LogP contribution is 2.44. The number of fused-ring (bicyclic) bond motifs is 3. The first-order valence-corrected chi connectivity index (χ1v) is 11.5.